The molecule has 22 heavy (non-hydrogen) atoms. The first-order valence-corrected chi connectivity index (χ1v) is 8.46. The van der Waals surface area contributed by atoms with E-state index in [1.165, 1.54) is 24.2 Å². The van der Waals surface area contributed by atoms with Crippen molar-refractivity contribution in [1.29, 1.82) is 0 Å². The highest BCUT2D eigenvalue weighted by Gasteiger charge is 2.26. The van der Waals surface area contributed by atoms with Crippen LogP contribution in [0.2, 0.25) is 0 Å². The van der Waals surface area contributed by atoms with Crippen LogP contribution >= 0.6 is 11.3 Å². The van der Waals surface area contributed by atoms with Crippen LogP contribution in [-0.4, -0.2) is 28.0 Å². The molecule has 2 rings (SSSR count). The predicted molar refractivity (Wildman–Crippen MR) is 86.4 cm³/mol. The van der Waals surface area contributed by atoms with Gasteiger partial charge in [-0.2, -0.15) is 0 Å². The summed E-state index contributed by atoms with van der Waals surface area (Å²) in [6, 6.07) is -0.887. The van der Waals surface area contributed by atoms with Crippen molar-refractivity contribution in [3.8, 4) is 0 Å². The number of aliphatic carboxylic acids is 1. The molecule has 0 aromatic carbocycles. The highest BCUT2D eigenvalue weighted by atomic mass is 32.1. The van der Waals surface area contributed by atoms with E-state index in [0.717, 1.165) is 17.8 Å². The first-order valence-electron chi connectivity index (χ1n) is 7.64. The standard InChI is InChI=1S/C16H22N2O3S/c1-3-4-9-12(16(20)21)18-14(19)13-10(2)17-15(22-13)11-7-5-6-8-11/h3,11-12H,1,4-9H2,2H3,(H,18,19)(H,20,21). The van der Waals surface area contributed by atoms with Crippen molar-refractivity contribution in [3.63, 3.8) is 0 Å². The molecule has 6 heteroatoms. The number of nitrogens with one attached hydrogen (secondary N) is 1. The summed E-state index contributed by atoms with van der Waals surface area (Å²) in [5, 5.41) is 12.8. The molecule has 1 aromatic rings. The summed E-state index contributed by atoms with van der Waals surface area (Å²) < 4.78 is 0. The molecule has 0 spiro atoms. The Kier molecular flexibility index (Phi) is 5.71. The second-order valence-electron chi connectivity index (χ2n) is 5.68. The maximum absolute atomic E-state index is 12.3. The molecule has 0 saturated heterocycles. The molecule has 1 aliphatic rings. The van der Waals surface area contributed by atoms with E-state index >= 15 is 0 Å². The Morgan fingerprint density at radius 2 is 2.18 bits per heavy atom. The number of rotatable bonds is 7. The van der Waals surface area contributed by atoms with Crippen LogP contribution < -0.4 is 5.32 Å². The molecule has 1 unspecified atom stereocenters. The molecule has 0 bridgehead atoms. The fraction of sp³-hybridized carbons (Fsp3) is 0.562. The van der Waals surface area contributed by atoms with Crippen molar-refractivity contribution in [2.75, 3.05) is 0 Å². The van der Waals surface area contributed by atoms with E-state index in [2.05, 4.69) is 16.9 Å². The summed E-state index contributed by atoms with van der Waals surface area (Å²) in [7, 11) is 0. The van der Waals surface area contributed by atoms with E-state index in [1.54, 1.807) is 6.08 Å². The van der Waals surface area contributed by atoms with Gasteiger partial charge in [0.1, 0.15) is 10.9 Å². The van der Waals surface area contributed by atoms with Crippen LogP contribution in [0.5, 0.6) is 0 Å². The van der Waals surface area contributed by atoms with Gasteiger partial charge in [0.25, 0.3) is 5.91 Å². The zero-order valence-corrected chi connectivity index (χ0v) is 13.6. The summed E-state index contributed by atoms with van der Waals surface area (Å²) in [5.74, 6) is -0.898. The topological polar surface area (TPSA) is 79.3 Å². The molecule has 5 nitrogen and oxygen atoms in total. The largest absolute Gasteiger partial charge is 0.480 e. The third-order valence-corrected chi connectivity index (χ3v) is 5.31. The van der Waals surface area contributed by atoms with Crippen molar-refractivity contribution in [2.45, 2.75) is 57.4 Å². The number of hydrogen-bond acceptors (Lipinski definition) is 4. The summed E-state index contributed by atoms with van der Waals surface area (Å²) in [6.07, 6.45) is 7.24. The van der Waals surface area contributed by atoms with Crippen molar-refractivity contribution in [1.82, 2.24) is 10.3 Å². The Morgan fingerprint density at radius 1 is 1.50 bits per heavy atom. The van der Waals surface area contributed by atoms with Gasteiger partial charge < -0.3 is 10.4 Å². The first kappa shape index (κ1) is 16.7. The quantitative estimate of drug-likeness (QED) is 0.755. The number of amides is 1. The van der Waals surface area contributed by atoms with Gasteiger partial charge >= 0.3 is 5.97 Å². The van der Waals surface area contributed by atoms with E-state index in [4.69, 9.17) is 0 Å². The molecule has 1 heterocycles. The van der Waals surface area contributed by atoms with Crippen LogP contribution in [0.25, 0.3) is 0 Å². The van der Waals surface area contributed by atoms with Crippen LogP contribution in [0.3, 0.4) is 0 Å². The van der Waals surface area contributed by atoms with Crippen LogP contribution in [0.15, 0.2) is 12.7 Å². The Bertz CT molecular complexity index is 562. The van der Waals surface area contributed by atoms with Crippen molar-refractivity contribution >= 4 is 23.2 Å². The molecular weight excluding hydrogens is 300 g/mol. The van der Waals surface area contributed by atoms with Gasteiger partial charge in [0.15, 0.2) is 0 Å². The Morgan fingerprint density at radius 3 is 2.77 bits per heavy atom. The number of aromatic nitrogens is 1. The predicted octanol–water partition coefficient (Wildman–Crippen LogP) is 3.26. The second-order valence-corrected chi connectivity index (χ2v) is 6.71. The Hall–Kier alpha value is -1.69. The van der Waals surface area contributed by atoms with Gasteiger partial charge in [-0.1, -0.05) is 18.9 Å². The smallest absolute Gasteiger partial charge is 0.326 e. The first-order chi connectivity index (χ1) is 10.5. The zero-order valence-electron chi connectivity index (χ0n) is 12.8. The highest BCUT2D eigenvalue weighted by molar-refractivity contribution is 7.13. The summed E-state index contributed by atoms with van der Waals surface area (Å²) >= 11 is 1.41. The van der Waals surface area contributed by atoms with Crippen molar-refractivity contribution in [3.05, 3.63) is 28.2 Å². The molecule has 1 aromatic heterocycles. The minimum Gasteiger partial charge on any atom is -0.480 e. The number of allylic oxidation sites excluding steroid dienone is 1. The molecule has 1 fully saturated rings. The number of carboxylic acids is 1. The molecule has 0 radical (unpaired) electrons. The third-order valence-electron chi connectivity index (χ3n) is 3.99. The second kappa shape index (κ2) is 7.54. The number of nitrogens with zero attached hydrogens (tertiary/aromatic N) is 1. The average molecular weight is 322 g/mol. The van der Waals surface area contributed by atoms with Crippen molar-refractivity contribution < 1.29 is 14.7 Å². The van der Waals surface area contributed by atoms with Gasteiger partial charge in [0.05, 0.1) is 10.7 Å². The molecule has 120 valence electrons. The van der Waals surface area contributed by atoms with Crippen molar-refractivity contribution in [2.24, 2.45) is 0 Å². The fourth-order valence-electron chi connectivity index (χ4n) is 2.74. The van der Waals surface area contributed by atoms with Gasteiger partial charge in [-0.05, 0) is 32.6 Å². The fourth-order valence-corrected chi connectivity index (χ4v) is 3.88. The molecule has 1 saturated carbocycles. The summed E-state index contributed by atoms with van der Waals surface area (Å²) in [5.41, 5.74) is 0.692. The lowest BCUT2D eigenvalue weighted by molar-refractivity contribution is -0.139. The number of hydrogen-bond donors (Lipinski definition) is 2. The Balaban J connectivity index is 2.07. The van der Waals surface area contributed by atoms with Crippen LogP contribution in [0.1, 0.15) is 64.8 Å². The highest BCUT2D eigenvalue weighted by Crippen LogP contribution is 2.37. The minimum absolute atomic E-state index is 0.337. The lowest BCUT2D eigenvalue weighted by atomic mass is 10.1. The van der Waals surface area contributed by atoms with Crippen LogP contribution in [0.4, 0.5) is 0 Å². The number of thiazole rings is 1. The molecule has 1 aliphatic carbocycles. The summed E-state index contributed by atoms with van der Waals surface area (Å²) in [6.45, 7) is 5.39. The number of carbonyl (C=O) groups excluding carboxylic acids is 1. The number of carbonyl (C=O) groups is 2. The normalized spacial score (nSPS) is 16.4. The average Bonchev–Trinajstić information content (AvgIpc) is 3.11. The van der Waals surface area contributed by atoms with E-state index in [-0.39, 0.29) is 5.91 Å². The zero-order chi connectivity index (χ0) is 16.1. The molecule has 0 aliphatic heterocycles. The van der Waals surface area contributed by atoms with Gasteiger partial charge in [-0.15, -0.1) is 17.9 Å². The summed E-state index contributed by atoms with van der Waals surface area (Å²) in [4.78, 5) is 28.6. The van der Waals surface area contributed by atoms with E-state index in [9.17, 15) is 14.7 Å². The lowest BCUT2D eigenvalue weighted by Gasteiger charge is -2.12. The molecule has 1 amide bonds. The van der Waals surface area contributed by atoms with Gasteiger partial charge in [0.2, 0.25) is 0 Å². The third kappa shape index (κ3) is 3.94. The molecular formula is C16H22N2O3S. The molecule has 1 atom stereocenters. The SMILES string of the molecule is C=CCCC(NC(=O)c1sc(C2CCCC2)nc1C)C(=O)O. The lowest BCUT2D eigenvalue weighted by Crippen LogP contribution is -2.40. The maximum atomic E-state index is 12.3. The number of aryl methyl sites for hydroxylation is 1. The monoisotopic (exact) mass is 322 g/mol. The number of carboxylic acid groups (broad SMARTS) is 1. The molecule has 2 N–H and O–H groups in total. The maximum Gasteiger partial charge on any atom is 0.326 e. The van der Waals surface area contributed by atoms with Crippen LogP contribution in [0, 0.1) is 6.92 Å². The van der Waals surface area contributed by atoms with E-state index in [1.807, 2.05) is 6.92 Å². The van der Waals surface area contributed by atoms with Gasteiger partial charge in [0, 0.05) is 5.92 Å². The van der Waals surface area contributed by atoms with Gasteiger partial charge in [-0.25, -0.2) is 9.78 Å². The van der Waals surface area contributed by atoms with E-state index < -0.39 is 12.0 Å². The van der Waals surface area contributed by atoms with E-state index in [0.29, 0.717) is 29.3 Å². The Labute approximate surface area is 134 Å². The van der Waals surface area contributed by atoms with Gasteiger partial charge in [-0.3, -0.25) is 4.79 Å². The van der Waals surface area contributed by atoms with Crippen LogP contribution in [-0.2, 0) is 4.79 Å². The minimum atomic E-state index is -1.02.